The molecule has 0 spiro atoms. The molecule has 3 rings (SSSR count). The number of hydrogen-bond acceptors (Lipinski definition) is 0. The summed E-state index contributed by atoms with van der Waals surface area (Å²) in [7, 11) is 0. The number of benzene rings is 2. The summed E-state index contributed by atoms with van der Waals surface area (Å²) in [6.45, 7) is 0.984. The minimum Gasteiger partial charge on any atom is -0.340 e. The standard InChI is InChI=1S/C16H14BrN/c17-10-11-18-15-9-5-4-8-14(15)12-16(18)13-6-2-1-3-7-13/h1-9,12H,10-11H2. The maximum atomic E-state index is 3.54. The molecular weight excluding hydrogens is 286 g/mol. The van der Waals surface area contributed by atoms with Gasteiger partial charge in [0.1, 0.15) is 0 Å². The summed E-state index contributed by atoms with van der Waals surface area (Å²) in [4.78, 5) is 0. The molecule has 0 amide bonds. The molecule has 1 heterocycles. The van der Waals surface area contributed by atoms with Crippen LogP contribution in [0.15, 0.2) is 60.7 Å². The molecule has 0 saturated heterocycles. The molecule has 18 heavy (non-hydrogen) atoms. The van der Waals surface area contributed by atoms with Gasteiger partial charge in [-0.25, -0.2) is 0 Å². The molecule has 0 radical (unpaired) electrons. The third-order valence-electron chi connectivity index (χ3n) is 3.19. The highest BCUT2D eigenvalue weighted by Gasteiger charge is 2.09. The fraction of sp³-hybridized carbons (Fsp3) is 0.125. The van der Waals surface area contributed by atoms with E-state index in [2.05, 4.69) is 81.2 Å². The van der Waals surface area contributed by atoms with Gasteiger partial charge in [-0.3, -0.25) is 0 Å². The fourth-order valence-electron chi connectivity index (χ4n) is 2.38. The van der Waals surface area contributed by atoms with Gasteiger partial charge in [0.05, 0.1) is 0 Å². The molecule has 0 unspecified atom stereocenters. The molecule has 1 nitrogen and oxygen atoms in total. The summed E-state index contributed by atoms with van der Waals surface area (Å²) in [5.74, 6) is 0. The molecule has 0 N–H and O–H groups in total. The SMILES string of the molecule is BrCCn1c(-c2ccccc2)cc2ccccc21. The van der Waals surface area contributed by atoms with Gasteiger partial charge in [0.15, 0.2) is 0 Å². The zero-order valence-electron chi connectivity index (χ0n) is 10.0. The predicted molar refractivity (Wildman–Crippen MR) is 81.2 cm³/mol. The van der Waals surface area contributed by atoms with Crippen molar-refractivity contribution in [1.29, 1.82) is 0 Å². The molecule has 1 aromatic heterocycles. The number of halogens is 1. The number of aryl methyl sites for hydroxylation is 1. The topological polar surface area (TPSA) is 4.93 Å². The lowest BCUT2D eigenvalue weighted by atomic mass is 10.1. The Kier molecular flexibility index (Phi) is 3.20. The molecule has 0 atom stereocenters. The van der Waals surface area contributed by atoms with Crippen molar-refractivity contribution < 1.29 is 0 Å². The lowest BCUT2D eigenvalue weighted by Gasteiger charge is -2.09. The summed E-state index contributed by atoms with van der Waals surface area (Å²) < 4.78 is 2.37. The van der Waals surface area contributed by atoms with Crippen LogP contribution in [-0.2, 0) is 6.54 Å². The van der Waals surface area contributed by atoms with E-state index in [4.69, 9.17) is 0 Å². The van der Waals surface area contributed by atoms with E-state index < -0.39 is 0 Å². The number of alkyl halides is 1. The van der Waals surface area contributed by atoms with E-state index in [0.29, 0.717) is 0 Å². The molecule has 90 valence electrons. The van der Waals surface area contributed by atoms with Gasteiger partial charge < -0.3 is 4.57 Å². The number of fused-ring (bicyclic) bond motifs is 1. The van der Waals surface area contributed by atoms with Crippen molar-refractivity contribution in [2.24, 2.45) is 0 Å². The highest BCUT2D eigenvalue weighted by molar-refractivity contribution is 9.09. The second kappa shape index (κ2) is 4.99. The predicted octanol–water partition coefficient (Wildman–Crippen LogP) is 4.70. The van der Waals surface area contributed by atoms with Crippen molar-refractivity contribution in [2.45, 2.75) is 6.54 Å². The minimum atomic E-state index is 0.964. The first-order valence-electron chi connectivity index (χ1n) is 6.10. The average Bonchev–Trinajstić information content (AvgIpc) is 2.80. The van der Waals surface area contributed by atoms with Crippen LogP contribution in [0, 0.1) is 0 Å². The maximum Gasteiger partial charge on any atom is 0.0491 e. The Morgan fingerprint density at radius 2 is 1.61 bits per heavy atom. The smallest absolute Gasteiger partial charge is 0.0491 e. The fourth-order valence-corrected chi connectivity index (χ4v) is 2.74. The monoisotopic (exact) mass is 299 g/mol. The lowest BCUT2D eigenvalue weighted by Crippen LogP contribution is -2.00. The third kappa shape index (κ3) is 1.97. The number of para-hydroxylation sites is 1. The maximum absolute atomic E-state index is 3.54. The minimum absolute atomic E-state index is 0.964. The van der Waals surface area contributed by atoms with Crippen molar-refractivity contribution in [1.82, 2.24) is 4.57 Å². The molecule has 0 aliphatic carbocycles. The third-order valence-corrected chi connectivity index (χ3v) is 3.54. The van der Waals surface area contributed by atoms with Gasteiger partial charge in [0.25, 0.3) is 0 Å². The van der Waals surface area contributed by atoms with Crippen LogP contribution in [-0.4, -0.2) is 9.90 Å². The number of hydrogen-bond donors (Lipinski definition) is 0. The largest absolute Gasteiger partial charge is 0.340 e. The van der Waals surface area contributed by atoms with Gasteiger partial charge in [-0.2, -0.15) is 0 Å². The van der Waals surface area contributed by atoms with Crippen LogP contribution < -0.4 is 0 Å². The Morgan fingerprint density at radius 3 is 2.39 bits per heavy atom. The van der Waals surface area contributed by atoms with E-state index in [9.17, 15) is 0 Å². The Balaban J connectivity index is 2.25. The summed E-state index contributed by atoms with van der Waals surface area (Å²) >= 11 is 3.54. The van der Waals surface area contributed by atoms with Gasteiger partial charge in [-0.15, -0.1) is 0 Å². The van der Waals surface area contributed by atoms with Gasteiger partial charge in [0, 0.05) is 28.5 Å². The van der Waals surface area contributed by atoms with Crippen molar-refractivity contribution in [2.75, 3.05) is 5.33 Å². The summed E-state index contributed by atoms with van der Waals surface area (Å²) in [6, 6.07) is 21.4. The zero-order chi connectivity index (χ0) is 12.4. The quantitative estimate of drug-likeness (QED) is 0.618. The number of aromatic nitrogens is 1. The van der Waals surface area contributed by atoms with E-state index in [1.54, 1.807) is 0 Å². The van der Waals surface area contributed by atoms with Crippen LogP contribution in [0.25, 0.3) is 22.2 Å². The van der Waals surface area contributed by atoms with Gasteiger partial charge >= 0.3 is 0 Å². The van der Waals surface area contributed by atoms with Gasteiger partial charge in [-0.1, -0.05) is 64.5 Å². The van der Waals surface area contributed by atoms with E-state index >= 15 is 0 Å². The zero-order valence-corrected chi connectivity index (χ0v) is 11.6. The Hall–Kier alpha value is -1.54. The van der Waals surface area contributed by atoms with E-state index in [0.717, 1.165) is 11.9 Å². The molecule has 0 aliphatic heterocycles. The van der Waals surface area contributed by atoms with Gasteiger partial charge in [-0.05, 0) is 17.7 Å². The summed E-state index contributed by atoms with van der Waals surface area (Å²) in [5, 5.41) is 2.27. The molecule has 3 aromatic rings. The molecule has 0 bridgehead atoms. The van der Waals surface area contributed by atoms with Crippen LogP contribution in [0.1, 0.15) is 0 Å². The van der Waals surface area contributed by atoms with Gasteiger partial charge in [0.2, 0.25) is 0 Å². The molecule has 2 heteroatoms. The summed E-state index contributed by atoms with van der Waals surface area (Å²) in [5.41, 5.74) is 3.86. The van der Waals surface area contributed by atoms with E-state index in [1.165, 1.54) is 22.2 Å². The van der Waals surface area contributed by atoms with Crippen LogP contribution in [0.2, 0.25) is 0 Å². The van der Waals surface area contributed by atoms with Crippen molar-refractivity contribution in [3.05, 3.63) is 60.7 Å². The summed E-state index contributed by atoms with van der Waals surface area (Å²) in [6.07, 6.45) is 0. The van der Waals surface area contributed by atoms with E-state index in [1.807, 2.05) is 0 Å². The van der Waals surface area contributed by atoms with Crippen LogP contribution in [0.4, 0.5) is 0 Å². The normalized spacial score (nSPS) is 10.9. The van der Waals surface area contributed by atoms with Crippen molar-refractivity contribution >= 4 is 26.8 Å². The molecule has 2 aromatic carbocycles. The lowest BCUT2D eigenvalue weighted by molar-refractivity contribution is 0.820. The first-order valence-corrected chi connectivity index (χ1v) is 7.22. The number of rotatable bonds is 3. The molecular formula is C16H14BrN. The first kappa shape index (κ1) is 11.5. The second-order valence-corrected chi connectivity index (χ2v) is 5.09. The average molecular weight is 300 g/mol. The highest BCUT2D eigenvalue weighted by atomic mass is 79.9. The Labute approximate surface area is 115 Å². The Morgan fingerprint density at radius 1 is 0.889 bits per heavy atom. The van der Waals surface area contributed by atoms with Crippen LogP contribution in [0.5, 0.6) is 0 Å². The van der Waals surface area contributed by atoms with Crippen molar-refractivity contribution in [3.8, 4) is 11.3 Å². The number of nitrogens with zero attached hydrogens (tertiary/aromatic N) is 1. The first-order chi connectivity index (χ1) is 8.90. The second-order valence-electron chi connectivity index (χ2n) is 4.30. The van der Waals surface area contributed by atoms with Crippen molar-refractivity contribution in [3.63, 3.8) is 0 Å². The van der Waals surface area contributed by atoms with E-state index in [-0.39, 0.29) is 0 Å². The van der Waals surface area contributed by atoms with Crippen LogP contribution in [0.3, 0.4) is 0 Å². The molecule has 0 saturated carbocycles. The molecule has 0 aliphatic rings. The van der Waals surface area contributed by atoms with Crippen LogP contribution >= 0.6 is 15.9 Å². The molecule has 0 fully saturated rings. The Bertz CT molecular complexity index is 655. The highest BCUT2D eigenvalue weighted by Crippen LogP contribution is 2.28.